The van der Waals surface area contributed by atoms with E-state index in [1.807, 2.05) is 18.2 Å². The van der Waals surface area contributed by atoms with E-state index in [-0.39, 0.29) is 11.7 Å². The Morgan fingerprint density at radius 3 is 2.48 bits per heavy atom. The third kappa shape index (κ3) is 2.54. The van der Waals surface area contributed by atoms with Crippen molar-refractivity contribution < 1.29 is 9.47 Å². The first-order chi connectivity index (χ1) is 12.4. The molecular formula is C23H20O2. The fraction of sp³-hybridized carbons (Fsp3) is 0.217. The summed E-state index contributed by atoms with van der Waals surface area (Å²) in [6.07, 6.45) is 2.27. The average molecular weight is 328 g/mol. The van der Waals surface area contributed by atoms with Crippen LogP contribution < -0.4 is 4.74 Å². The molecule has 2 aliphatic rings. The van der Waals surface area contributed by atoms with Gasteiger partial charge in [-0.05, 0) is 47.2 Å². The van der Waals surface area contributed by atoms with Crippen LogP contribution in [0.3, 0.4) is 0 Å². The highest BCUT2D eigenvalue weighted by atomic mass is 16.6. The highest BCUT2D eigenvalue weighted by Gasteiger charge is 2.60. The normalized spacial score (nSPS) is 23.4. The van der Waals surface area contributed by atoms with Crippen LogP contribution in [0, 0.1) is 0 Å². The number of rotatable bonds is 4. The van der Waals surface area contributed by atoms with Crippen molar-refractivity contribution in [2.45, 2.75) is 31.2 Å². The molecule has 124 valence electrons. The number of aryl methyl sites for hydroxylation is 1. The summed E-state index contributed by atoms with van der Waals surface area (Å²) in [5.74, 6) is 0.940. The second-order valence-electron chi connectivity index (χ2n) is 6.89. The average Bonchev–Trinajstić information content (AvgIpc) is 3.44. The molecule has 25 heavy (non-hydrogen) atoms. The molecule has 0 aromatic heterocycles. The molecule has 0 amide bonds. The largest absolute Gasteiger partial charge is 0.489 e. The molecule has 1 aliphatic heterocycles. The SMILES string of the molecule is c1ccc(COc2ccc3c(c2)CC[C@@]2(c4ccccc4)O[C@@H]32)cc1. The molecule has 0 spiro atoms. The minimum Gasteiger partial charge on any atom is -0.489 e. The summed E-state index contributed by atoms with van der Waals surface area (Å²) in [5, 5.41) is 0. The molecular weight excluding hydrogens is 308 g/mol. The third-order valence-corrected chi connectivity index (χ3v) is 5.37. The first kappa shape index (κ1) is 14.7. The predicted molar refractivity (Wildman–Crippen MR) is 97.5 cm³/mol. The van der Waals surface area contributed by atoms with E-state index >= 15 is 0 Å². The van der Waals surface area contributed by atoms with E-state index in [2.05, 4.69) is 60.7 Å². The summed E-state index contributed by atoms with van der Waals surface area (Å²) >= 11 is 0. The molecule has 0 radical (unpaired) electrons. The Labute approximate surface area is 148 Å². The van der Waals surface area contributed by atoms with E-state index in [0.717, 1.165) is 18.6 Å². The molecule has 3 aromatic rings. The molecule has 1 heterocycles. The van der Waals surface area contributed by atoms with Gasteiger partial charge in [-0.2, -0.15) is 0 Å². The highest BCUT2D eigenvalue weighted by Crippen LogP contribution is 2.63. The predicted octanol–water partition coefficient (Wildman–Crippen LogP) is 5.18. The van der Waals surface area contributed by atoms with Gasteiger partial charge in [0.05, 0.1) is 0 Å². The maximum atomic E-state index is 6.21. The lowest BCUT2D eigenvalue weighted by atomic mass is 9.80. The molecule has 0 N–H and O–H groups in total. The van der Waals surface area contributed by atoms with Crippen molar-refractivity contribution in [2.24, 2.45) is 0 Å². The maximum absolute atomic E-state index is 6.21. The summed E-state index contributed by atoms with van der Waals surface area (Å²) in [7, 11) is 0. The van der Waals surface area contributed by atoms with E-state index in [1.54, 1.807) is 0 Å². The molecule has 1 saturated heterocycles. The van der Waals surface area contributed by atoms with Gasteiger partial charge in [0.25, 0.3) is 0 Å². The van der Waals surface area contributed by atoms with Crippen LogP contribution in [-0.4, -0.2) is 0 Å². The molecule has 3 aromatic carbocycles. The van der Waals surface area contributed by atoms with E-state index in [0.29, 0.717) is 6.61 Å². The maximum Gasteiger partial charge on any atom is 0.125 e. The molecule has 2 heteroatoms. The lowest BCUT2D eigenvalue weighted by Gasteiger charge is -2.21. The van der Waals surface area contributed by atoms with E-state index in [4.69, 9.17) is 9.47 Å². The van der Waals surface area contributed by atoms with Gasteiger partial charge in [0.1, 0.15) is 24.1 Å². The van der Waals surface area contributed by atoms with Crippen LogP contribution >= 0.6 is 0 Å². The Bertz CT molecular complexity index is 888. The van der Waals surface area contributed by atoms with Crippen molar-refractivity contribution in [2.75, 3.05) is 0 Å². The summed E-state index contributed by atoms with van der Waals surface area (Å²) in [5.41, 5.74) is 5.08. The summed E-state index contributed by atoms with van der Waals surface area (Å²) in [6.45, 7) is 0.605. The van der Waals surface area contributed by atoms with Gasteiger partial charge in [-0.1, -0.05) is 66.7 Å². The minimum atomic E-state index is -0.0966. The van der Waals surface area contributed by atoms with Gasteiger partial charge in [-0.25, -0.2) is 0 Å². The first-order valence-corrected chi connectivity index (χ1v) is 8.88. The van der Waals surface area contributed by atoms with Crippen molar-refractivity contribution in [1.82, 2.24) is 0 Å². The number of benzene rings is 3. The number of ether oxygens (including phenoxy) is 2. The smallest absolute Gasteiger partial charge is 0.125 e. The Morgan fingerprint density at radius 2 is 1.68 bits per heavy atom. The van der Waals surface area contributed by atoms with Gasteiger partial charge in [0.2, 0.25) is 0 Å². The van der Waals surface area contributed by atoms with Crippen molar-refractivity contribution >= 4 is 0 Å². The molecule has 1 fully saturated rings. The quantitative estimate of drug-likeness (QED) is 0.616. The number of epoxide rings is 1. The van der Waals surface area contributed by atoms with Crippen LogP contribution in [0.25, 0.3) is 0 Å². The zero-order valence-corrected chi connectivity index (χ0v) is 14.0. The zero-order valence-electron chi connectivity index (χ0n) is 14.0. The molecule has 2 nitrogen and oxygen atoms in total. The van der Waals surface area contributed by atoms with Gasteiger partial charge in [-0.3, -0.25) is 0 Å². The molecule has 2 atom stereocenters. The Balaban J connectivity index is 1.35. The van der Waals surface area contributed by atoms with E-state index < -0.39 is 0 Å². The summed E-state index contributed by atoms with van der Waals surface area (Å²) < 4.78 is 12.2. The number of hydrogen-bond donors (Lipinski definition) is 0. The summed E-state index contributed by atoms with van der Waals surface area (Å²) in [4.78, 5) is 0. The zero-order chi connectivity index (χ0) is 16.7. The lowest BCUT2D eigenvalue weighted by molar-refractivity contribution is 0.288. The Kier molecular flexibility index (Phi) is 3.39. The van der Waals surface area contributed by atoms with Gasteiger partial charge < -0.3 is 9.47 Å². The van der Waals surface area contributed by atoms with Crippen LogP contribution in [0.15, 0.2) is 78.9 Å². The molecule has 5 rings (SSSR count). The first-order valence-electron chi connectivity index (χ1n) is 8.88. The van der Waals surface area contributed by atoms with Crippen molar-refractivity contribution in [3.63, 3.8) is 0 Å². The van der Waals surface area contributed by atoms with E-state index in [9.17, 15) is 0 Å². The van der Waals surface area contributed by atoms with Crippen molar-refractivity contribution in [3.05, 3.63) is 101 Å². The van der Waals surface area contributed by atoms with Crippen LogP contribution in [-0.2, 0) is 23.4 Å². The van der Waals surface area contributed by atoms with Gasteiger partial charge in [-0.15, -0.1) is 0 Å². The van der Waals surface area contributed by atoms with Crippen LogP contribution in [0.5, 0.6) is 5.75 Å². The third-order valence-electron chi connectivity index (χ3n) is 5.37. The molecule has 0 bridgehead atoms. The van der Waals surface area contributed by atoms with Gasteiger partial charge in [0, 0.05) is 0 Å². The Morgan fingerprint density at radius 1 is 0.920 bits per heavy atom. The topological polar surface area (TPSA) is 21.8 Å². The second kappa shape index (κ2) is 5.75. The van der Waals surface area contributed by atoms with Gasteiger partial charge >= 0.3 is 0 Å². The Hall–Kier alpha value is -2.58. The standard InChI is InChI=1S/C23H20O2/c1-3-7-17(8-4-1)16-24-20-11-12-21-18(15-20)13-14-23(22(21)25-23)19-9-5-2-6-10-19/h1-12,15,22H,13-14,16H2/t22-,23-/m0/s1. The van der Waals surface area contributed by atoms with Crippen molar-refractivity contribution in [1.29, 1.82) is 0 Å². The molecule has 0 unspecified atom stereocenters. The monoisotopic (exact) mass is 328 g/mol. The highest BCUT2D eigenvalue weighted by molar-refractivity contribution is 5.46. The van der Waals surface area contributed by atoms with Crippen LogP contribution in [0.1, 0.15) is 34.8 Å². The number of hydrogen-bond acceptors (Lipinski definition) is 2. The minimum absolute atomic E-state index is 0.0966. The molecule has 1 aliphatic carbocycles. The fourth-order valence-corrected chi connectivity index (χ4v) is 3.97. The van der Waals surface area contributed by atoms with Gasteiger partial charge in [0.15, 0.2) is 0 Å². The van der Waals surface area contributed by atoms with E-state index in [1.165, 1.54) is 22.3 Å². The lowest BCUT2D eigenvalue weighted by Crippen LogP contribution is -2.17. The van der Waals surface area contributed by atoms with Crippen LogP contribution in [0.2, 0.25) is 0 Å². The molecule has 0 saturated carbocycles. The fourth-order valence-electron chi connectivity index (χ4n) is 3.97. The second-order valence-corrected chi connectivity index (χ2v) is 6.89. The summed E-state index contributed by atoms with van der Waals surface area (Å²) in [6, 6.07) is 27.3. The van der Waals surface area contributed by atoms with Crippen LogP contribution in [0.4, 0.5) is 0 Å². The number of fused-ring (bicyclic) bond motifs is 3. The van der Waals surface area contributed by atoms with Crippen molar-refractivity contribution in [3.8, 4) is 5.75 Å².